The van der Waals surface area contributed by atoms with Crippen LogP contribution in [0.15, 0.2) is 48.8 Å². The number of aryl methyl sites for hydroxylation is 1. The molecule has 5 rings (SSSR count). The van der Waals surface area contributed by atoms with E-state index < -0.39 is 5.91 Å². The van der Waals surface area contributed by atoms with Crippen molar-refractivity contribution in [3.63, 3.8) is 0 Å². The van der Waals surface area contributed by atoms with E-state index in [0.29, 0.717) is 11.6 Å². The van der Waals surface area contributed by atoms with Crippen LogP contribution in [0.25, 0.3) is 11.3 Å². The molecule has 4 aromatic rings. The number of H-pyrrole nitrogens is 1. The number of nitrogens with two attached hydrogens (primary N) is 1. The molecule has 10 heteroatoms. The number of amides is 1. The summed E-state index contributed by atoms with van der Waals surface area (Å²) in [7, 11) is 0. The molecule has 0 spiro atoms. The van der Waals surface area contributed by atoms with Gasteiger partial charge in [-0.1, -0.05) is 30.3 Å². The van der Waals surface area contributed by atoms with Gasteiger partial charge in [0, 0.05) is 19.0 Å². The first-order valence-electron chi connectivity index (χ1n) is 10.8. The van der Waals surface area contributed by atoms with Crippen LogP contribution < -0.4 is 16.0 Å². The summed E-state index contributed by atoms with van der Waals surface area (Å²) >= 11 is 1.30. The third-order valence-corrected chi connectivity index (χ3v) is 6.47. The highest BCUT2D eigenvalue weighted by Gasteiger charge is 2.26. The highest BCUT2D eigenvalue weighted by Crippen LogP contribution is 2.30. The lowest BCUT2D eigenvalue weighted by Gasteiger charge is -2.32. The van der Waals surface area contributed by atoms with Gasteiger partial charge in [-0.2, -0.15) is 4.37 Å². The monoisotopic (exact) mass is 460 g/mol. The predicted octanol–water partition coefficient (Wildman–Crippen LogP) is 3.86. The number of aromatic amines is 1. The molecule has 1 saturated heterocycles. The number of anilines is 3. The Morgan fingerprint density at radius 2 is 2.09 bits per heavy atom. The van der Waals surface area contributed by atoms with Gasteiger partial charge in [0.15, 0.2) is 11.5 Å². The van der Waals surface area contributed by atoms with E-state index >= 15 is 0 Å². The smallest absolute Gasteiger partial charge is 0.271 e. The number of primary amides is 1. The van der Waals surface area contributed by atoms with Crippen molar-refractivity contribution in [2.45, 2.75) is 25.7 Å². The van der Waals surface area contributed by atoms with Gasteiger partial charge in [0.2, 0.25) is 0 Å². The summed E-state index contributed by atoms with van der Waals surface area (Å²) < 4.78 is 4.26. The maximum Gasteiger partial charge on any atom is 0.271 e. The standard InChI is InChI=1S/C23H24N8OS/c1-14-10-19(33-30-14)29-23-20(21(24)32)25-12-18(28-23)31-9-5-8-16(13-31)22-26-11-17(27-22)15-6-3-2-4-7-15/h2-4,6-7,10-12,16H,5,8-9,13H2,1H3,(H2,24,32)(H,26,27)(H,28,29)/t16-/m0/s1. The normalized spacial score (nSPS) is 16.0. The van der Waals surface area contributed by atoms with E-state index in [1.807, 2.05) is 37.4 Å². The first-order chi connectivity index (χ1) is 16.1. The fourth-order valence-electron chi connectivity index (χ4n) is 4.06. The summed E-state index contributed by atoms with van der Waals surface area (Å²) in [6, 6.07) is 12.1. The molecule has 3 aromatic heterocycles. The Balaban J connectivity index is 1.37. The van der Waals surface area contributed by atoms with E-state index in [4.69, 9.17) is 10.7 Å². The minimum atomic E-state index is -0.627. The molecule has 1 amide bonds. The molecule has 9 nitrogen and oxygen atoms in total. The van der Waals surface area contributed by atoms with E-state index in [2.05, 4.69) is 41.7 Å². The highest BCUT2D eigenvalue weighted by molar-refractivity contribution is 7.10. The number of nitrogens with one attached hydrogen (secondary N) is 2. The second kappa shape index (κ2) is 8.99. The van der Waals surface area contributed by atoms with Crippen molar-refractivity contribution >= 4 is 34.1 Å². The molecule has 0 unspecified atom stereocenters. The van der Waals surface area contributed by atoms with E-state index in [9.17, 15) is 4.79 Å². The zero-order valence-electron chi connectivity index (χ0n) is 18.2. The third kappa shape index (κ3) is 4.56. The minimum absolute atomic E-state index is 0.108. The molecule has 33 heavy (non-hydrogen) atoms. The maximum absolute atomic E-state index is 11.9. The lowest BCUT2D eigenvalue weighted by molar-refractivity contribution is 0.0996. The van der Waals surface area contributed by atoms with Crippen LogP contribution in [-0.2, 0) is 0 Å². The van der Waals surface area contributed by atoms with Crippen molar-refractivity contribution in [2.75, 3.05) is 23.3 Å². The molecular formula is C23H24N8OS. The summed E-state index contributed by atoms with van der Waals surface area (Å²) in [4.78, 5) is 31.3. The van der Waals surface area contributed by atoms with Gasteiger partial charge in [0.05, 0.1) is 23.8 Å². The van der Waals surface area contributed by atoms with Crippen LogP contribution in [0.1, 0.15) is 40.8 Å². The quantitative estimate of drug-likeness (QED) is 0.399. The van der Waals surface area contributed by atoms with Gasteiger partial charge in [0.25, 0.3) is 5.91 Å². The van der Waals surface area contributed by atoms with Crippen molar-refractivity contribution in [1.29, 1.82) is 0 Å². The zero-order valence-corrected chi connectivity index (χ0v) is 19.0. The van der Waals surface area contributed by atoms with Crippen molar-refractivity contribution < 1.29 is 4.79 Å². The number of imidazole rings is 1. The van der Waals surface area contributed by atoms with Gasteiger partial charge < -0.3 is 20.9 Å². The lowest BCUT2D eigenvalue weighted by atomic mass is 9.97. The van der Waals surface area contributed by atoms with Crippen LogP contribution in [0.5, 0.6) is 0 Å². The van der Waals surface area contributed by atoms with E-state index in [1.165, 1.54) is 11.5 Å². The highest BCUT2D eigenvalue weighted by atomic mass is 32.1. The zero-order chi connectivity index (χ0) is 22.8. The molecule has 1 atom stereocenters. The summed E-state index contributed by atoms with van der Waals surface area (Å²) in [6.45, 7) is 3.52. The number of aromatic nitrogens is 5. The van der Waals surface area contributed by atoms with Gasteiger partial charge in [-0.15, -0.1) is 0 Å². The van der Waals surface area contributed by atoms with Gasteiger partial charge >= 0.3 is 0 Å². The molecule has 1 aliphatic heterocycles. The fourth-order valence-corrected chi connectivity index (χ4v) is 4.72. The number of nitrogens with zero attached hydrogens (tertiary/aromatic N) is 5. The van der Waals surface area contributed by atoms with E-state index in [1.54, 1.807) is 6.20 Å². The second-order valence-corrected chi connectivity index (χ2v) is 8.89. The van der Waals surface area contributed by atoms with Crippen molar-refractivity contribution in [3.05, 3.63) is 66.0 Å². The number of benzene rings is 1. The molecule has 1 aliphatic rings. The average molecular weight is 461 g/mol. The Labute approximate surface area is 195 Å². The Morgan fingerprint density at radius 3 is 2.85 bits per heavy atom. The van der Waals surface area contributed by atoms with Gasteiger partial charge in [-0.05, 0) is 42.9 Å². The summed E-state index contributed by atoms with van der Waals surface area (Å²) in [5.74, 6) is 1.63. The van der Waals surface area contributed by atoms with E-state index in [-0.39, 0.29) is 11.6 Å². The van der Waals surface area contributed by atoms with Crippen LogP contribution in [0.4, 0.5) is 16.6 Å². The van der Waals surface area contributed by atoms with Crippen LogP contribution >= 0.6 is 11.5 Å². The average Bonchev–Trinajstić information content (AvgIpc) is 3.49. The van der Waals surface area contributed by atoms with Gasteiger partial charge in [0.1, 0.15) is 16.6 Å². The number of rotatable bonds is 6. The Kier molecular flexibility index (Phi) is 5.74. The Morgan fingerprint density at radius 1 is 1.24 bits per heavy atom. The number of carbonyl (C=O) groups excluding carboxylic acids is 1. The summed E-state index contributed by atoms with van der Waals surface area (Å²) in [5, 5.41) is 3.93. The van der Waals surface area contributed by atoms with Crippen LogP contribution in [-0.4, -0.2) is 43.3 Å². The van der Waals surface area contributed by atoms with Crippen LogP contribution in [0, 0.1) is 6.92 Å². The molecule has 1 fully saturated rings. The summed E-state index contributed by atoms with van der Waals surface area (Å²) in [6.07, 6.45) is 5.55. The Hall–Kier alpha value is -3.79. The molecule has 0 radical (unpaired) electrons. The topological polar surface area (TPSA) is 126 Å². The van der Waals surface area contributed by atoms with E-state index in [0.717, 1.165) is 53.7 Å². The fraction of sp³-hybridized carbons (Fsp3) is 0.261. The van der Waals surface area contributed by atoms with Crippen molar-refractivity contribution in [3.8, 4) is 11.3 Å². The molecule has 0 aliphatic carbocycles. The molecule has 4 N–H and O–H groups in total. The number of hydrogen-bond donors (Lipinski definition) is 3. The number of piperidine rings is 1. The largest absolute Gasteiger partial charge is 0.364 e. The third-order valence-electron chi connectivity index (χ3n) is 5.68. The first-order valence-corrected chi connectivity index (χ1v) is 11.6. The maximum atomic E-state index is 11.9. The predicted molar refractivity (Wildman–Crippen MR) is 129 cm³/mol. The molecule has 0 bridgehead atoms. The molecule has 0 saturated carbocycles. The minimum Gasteiger partial charge on any atom is -0.364 e. The molecule has 168 valence electrons. The first kappa shape index (κ1) is 21.1. The van der Waals surface area contributed by atoms with Crippen LogP contribution in [0.3, 0.4) is 0 Å². The van der Waals surface area contributed by atoms with Crippen molar-refractivity contribution in [1.82, 2.24) is 24.3 Å². The lowest BCUT2D eigenvalue weighted by Crippen LogP contribution is -2.35. The van der Waals surface area contributed by atoms with Gasteiger partial charge in [-0.3, -0.25) is 4.79 Å². The molecular weight excluding hydrogens is 436 g/mol. The summed E-state index contributed by atoms with van der Waals surface area (Å²) in [5.41, 5.74) is 8.66. The molecule has 4 heterocycles. The van der Waals surface area contributed by atoms with Gasteiger partial charge in [-0.25, -0.2) is 15.0 Å². The SMILES string of the molecule is Cc1cc(Nc2nc(N3CCC[C@H](c4ncc(-c5ccccc5)[nH]4)C3)cnc2C(N)=O)sn1. The second-order valence-electron chi connectivity index (χ2n) is 8.08. The number of carbonyl (C=O) groups is 1. The van der Waals surface area contributed by atoms with Crippen LogP contribution in [0.2, 0.25) is 0 Å². The molecule has 1 aromatic carbocycles. The number of hydrogen-bond acceptors (Lipinski definition) is 8. The Bertz CT molecular complexity index is 1270. The van der Waals surface area contributed by atoms with Crippen molar-refractivity contribution in [2.24, 2.45) is 5.73 Å².